The van der Waals surface area contributed by atoms with Crippen molar-refractivity contribution in [2.24, 2.45) is 0 Å². The molecule has 7 nitrogen and oxygen atoms in total. The molecule has 1 N–H and O–H groups in total. The highest BCUT2D eigenvalue weighted by Crippen LogP contribution is 2.31. The fourth-order valence-corrected chi connectivity index (χ4v) is 3.67. The van der Waals surface area contributed by atoms with Gasteiger partial charge in [-0.15, -0.1) is 0 Å². The number of nitrogens with zero attached hydrogens (tertiary/aromatic N) is 1. The summed E-state index contributed by atoms with van der Waals surface area (Å²) >= 11 is 6.07. The average Bonchev–Trinajstić information content (AvgIpc) is 2.46. The number of nitrogens with one attached hydrogen (secondary N) is 1. The third-order valence-electron chi connectivity index (χ3n) is 3.28. The van der Waals surface area contributed by atoms with E-state index in [4.69, 9.17) is 21.1 Å². The monoisotopic (exact) mass is 378 g/mol. The molecule has 0 unspecified atom stereocenters. The van der Waals surface area contributed by atoms with Gasteiger partial charge in [0.25, 0.3) is 0 Å². The summed E-state index contributed by atoms with van der Waals surface area (Å²) in [5.74, 6) is -0.0170. The fraction of sp³-hybridized carbons (Fsp3) is 0.533. The highest BCUT2D eigenvalue weighted by Gasteiger charge is 2.30. The summed E-state index contributed by atoms with van der Waals surface area (Å²) in [5, 5.41) is 2.97. The van der Waals surface area contributed by atoms with Crippen LogP contribution in [0, 0.1) is 0 Å². The maximum atomic E-state index is 12.4. The zero-order valence-electron chi connectivity index (χ0n) is 14.4. The van der Waals surface area contributed by atoms with Crippen LogP contribution < -0.4 is 14.4 Å². The molecule has 0 aliphatic heterocycles. The van der Waals surface area contributed by atoms with Gasteiger partial charge in [0.2, 0.25) is 15.9 Å². The minimum Gasteiger partial charge on any atom is -0.495 e. The Kier molecular flexibility index (Phi) is 7.31. The van der Waals surface area contributed by atoms with Gasteiger partial charge >= 0.3 is 0 Å². The molecule has 0 fully saturated rings. The highest BCUT2D eigenvalue weighted by atomic mass is 35.5. The van der Waals surface area contributed by atoms with E-state index in [0.29, 0.717) is 12.4 Å². The molecule has 9 heteroatoms. The Morgan fingerprint density at radius 1 is 1.33 bits per heavy atom. The number of sulfonamides is 1. The first-order valence-corrected chi connectivity index (χ1v) is 9.46. The molecule has 1 aromatic rings. The minimum atomic E-state index is -3.70. The van der Waals surface area contributed by atoms with Gasteiger partial charge in [-0.25, -0.2) is 8.42 Å². The van der Waals surface area contributed by atoms with Crippen molar-refractivity contribution < 1.29 is 22.7 Å². The van der Waals surface area contributed by atoms with Crippen LogP contribution in [0.1, 0.15) is 13.8 Å². The van der Waals surface area contributed by atoms with E-state index in [2.05, 4.69) is 5.32 Å². The zero-order valence-corrected chi connectivity index (χ0v) is 15.9. The molecule has 0 aromatic heterocycles. The summed E-state index contributed by atoms with van der Waals surface area (Å²) in [6.07, 6.45) is 1.04. The van der Waals surface area contributed by atoms with E-state index in [1.165, 1.54) is 33.3 Å². The SMILES string of the molecule is COC[C@H](C)NC(=O)[C@@H](C)N(c1ccc(OC)c(Cl)c1)S(C)(=O)=O. The lowest BCUT2D eigenvalue weighted by Gasteiger charge is -2.29. The lowest BCUT2D eigenvalue weighted by molar-refractivity contribution is -0.122. The van der Waals surface area contributed by atoms with Gasteiger partial charge in [-0.1, -0.05) is 11.6 Å². The van der Waals surface area contributed by atoms with E-state index in [-0.39, 0.29) is 16.8 Å². The number of rotatable bonds is 8. The summed E-state index contributed by atoms with van der Waals surface area (Å²) < 4.78 is 35.4. The second-order valence-electron chi connectivity index (χ2n) is 5.42. The number of methoxy groups -OCH3 is 2. The molecule has 1 rings (SSSR count). The quantitative estimate of drug-likeness (QED) is 0.743. The molecule has 1 aromatic carbocycles. The Labute approximate surface area is 147 Å². The first kappa shape index (κ1) is 20.5. The third-order valence-corrected chi connectivity index (χ3v) is 4.82. The van der Waals surface area contributed by atoms with Gasteiger partial charge in [-0.2, -0.15) is 0 Å². The van der Waals surface area contributed by atoms with Gasteiger partial charge in [-0.05, 0) is 32.0 Å². The van der Waals surface area contributed by atoms with Crippen LogP contribution in [-0.4, -0.2) is 53.5 Å². The first-order chi connectivity index (χ1) is 11.1. The molecule has 0 saturated carbocycles. The second-order valence-corrected chi connectivity index (χ2v) is 7.69. The van der Waals surface area contributed by atoms with Gasteiger partial charge in [0.05, 0.1) is 30.7 Å². The van der Waals surface area contributed by atoms with Gasteiger partial charge in [0, 0.05) is 13.2 Å². The molecule has 0 heterocycles. The van der Waals surface area contributed by atoms with E-state index in [1.807, 2.05) is 0 Å². The van der Waals surface area contributed by atoms with Crippen LogP contribution in [0.5, 0.6) is 5.75 Å². The summed E-state index contributed by atoms with van der Waals surface area (Å²) in [6.45, 7) is 3.60. The largest absolute Gasteiger partial charge is 0.495 e. The number of carbonyl (C=O) groups excluding carboxylic acids is 1. The van der Waals surface area contributed by atoms with Crippen molar-refractivity contribution >= 4 is 33.2 Å². The van der Waals surface area contributed by atoms with Crippen molar-refractivity contribution in [3.05, 3.63) is 23.2 Å². The van der Waals surface area contributed by atoms with Crippen molar-refractivity contribution in [3.63, 3.8) is 0 Å². The Balaban J connectivity index is 3.14. The number of hydrogen-bond donors (Lipinski definition) is 1. The predicted molar refractivity (Wildman–Crippen MR) is 94.3 cm³/mol. The van der Waals surface area contributed by atoms with Gasteiger partial charge in [0.1, 0.15) is 11.8 Å². The van der Waals surface area contributed by atoms with Crippen molar-refractivity contribution in [2.45, 2.75) is 25.9 Å². The molecule has 0 aliphatic carbocycles. The molecule has 0 bridgehead atoms. The predicted octanol–water partition coefficient (Wildman–Crippen LogP) is 1.65. The average molecular weight is 379 g/mol. The maximum absolute atomic E-state index is 12.4. The Morgan fingerprint density at radius 3 is 2.42 bits per heavy atom. The van der Waals surface area contributed by atoms with Crippen molar-refractivity contribution in [1.82, 2.24) is 5.32 Å². The highest BCUT2D eigenvalue weighted by molar-refractivity contribution is 7.92. The van der Waals surface area contributed by atoms with Crippen LogP contribution >= 0.6 is 11.6 Å². The first-order valence-electron chi connectivity index (χ1n) is 7.24. The summed E-state index contributed by atoms with van der Waals surface area (Å²) in [5.41, 5.74) is 0.283. The Hall–Kier alpha value is -1.51. The van der Waals surface area contributed by atoms with Crippen LogP contribution in [0.15, 0.2) is 18.2 Å². The molecule has 1 amide bonds. The van der Waals surface area contributed by atoms with Crippen LogP contribution in [0.3, 0.4) is 0 Å². The Bertz CT molecular complexity index is 680. The minimum absolute atomic E-state index is 0.245. The van der Waals surface area contributed by atoms with Crippen molar-refractivity contribution in [1.29, 1.82) is 0 Å². The summed E-state index contributed by atoms with van der Waals surface area (Å²) in [6, 6.07) is 3.33. The van der Waals surface area contributed by atoms with Gasteiger partial charge < -0.3 is 14.8 Å². The van der Waals surface area contributed by atoms with Crippen LogP contribution in [-0.2, 0) is 19.6 Å². The number of ether oxygens (including phenoxy) is 2. The number of carbonyl (C=O) groups is 1. The third kappa shape index (κ3) is 5.25. The van der Waals surface area contributed by atoms with Crippen LogP contribution in [0.25, 0.3) is 0 Å². The molecule has 24 heavy (non-hydrogen) atoms. The summed E-state index contributed by atoms with van der Waals surface area (Å²) in [7, 11) is -0.722. The van der Waals surface area contributed by atoms with Crippen molar-refractivity contribution in [3.8, 4) is 5.75 Å². The standard InChI is InChI=1S/C15H23ClN2O5S/c1-10(9-22-3)17-15(19)11(2)18(24(5,20)21)12-6-7-14(23-4)13(16)8-12/h6-8,10-11H,9H2,1-5H3,(H,17,19)/t10-,11+/m0/s1. The summed E-state index contributed by atoms with van der Waals surface area (Å²) in [4.78, 5) is 12.4. The van der Waals surface area contributed by atoms with E-state index in [1.54, 1.807) is 13.0 Å². The number of hydrogen-bond acceptors (Lipinski definition) is 5. The molecule has 136 valence electrons. The smallest absolute Gasteiger partial charge is 0.243 e. The molecule has 0 spiro atoms. The van der Waals surface area contributed by atoms with E-state index >= 15 is 0 Å². The van der Waals surface area contributed by atoms with Gasteiger partial charge in [-0.3, -0.25) is 9.10 Å². The van der Waals surface area contributed by atoms with Crippen LogP contribution in [0.4, 0.5) is 5.69 Å². The second kappa shape index (κ2) is 8.55. The molecular weight excluding hydrogens is 356 g/mol. The number of benzene rings is 1. The number of anilines is 1. The lowest BCUT2D eigenvalue weighted by Crippen LogP contribution is -2.50. The number of amides is 1. The molecule has 2 atom stereocenters. The van der Waals surface area contributed by atoms with Crippen LogP contribution in [0.2, 0.25) is 5.02 Å². The van der Waals surface area contributed by atoms with E-state index in [9.17, 15) is 13.2 Å². The molecule has 0 aliphatic rings. The maximum Gasteiger partial charge on any atom is 0.243 e. The van der Waals surface area contributed by atoms with E-state index in [0.717, 1.165) is 10.6 Å². The topological polar surface area (TPSA) is 84.9 Å². The van der Waals surface area contributed by atoms with Gasteiger partial charge in [0.15, 0.2) is 0 Å². The Morgan fingerprint density at radius 2 is 1.96 bits per heavy atom. The normalized spacial score (nSPS) is 13.9. The number of halogens is 1. The molecular formula is C15H23ClN2O5S. The fourth-order valence-electron chi connectivity index (χ4n) is 2.26. The zero-order chi connectivity index (χ0) is 18.5. The molecule has 0 saturated heterocycles. The molecule has 0 radical (unpaired) electrons. The lowest BCUT2D eigenvalue weighted by atomic mass is 10.2. The van der Waals surface area contributed by atoms with E-state index < -0.39 is 22.0 Å². The van der Waals surface area contributed by atoms with Crippen molar-refractivity contribution in [2.75, 3.05) is 31.4 Å².